The lowest BCUT2D eigenvalue weighted by atomic mass is 9.33. The van der Waals surface area contributed by atoms with Crippen LogP contribution in [0.1, 0.15) is 132 Å². The molecule has 0 N–H and O–H groups in total. The highest BCUT2D eigenvalue weighted by atomic mass is 16.3. The minimum atomic E-state index is -0.224. The normalized spacial score (nSPS) is 17.4. The third-order valence-electron chi connectivity index (χ3n) is 17.3. The molecule has 13 rings (SSSR count). The smallest absolute Gasteiger partial charge is 0.252 e. The number of anilines is 6. The Kier molecular flexibility index (Phi) is 8.42. The second-order valence-corrected chi connectivity index (χ2v) is 23.9. The lowest BCUT2D eigenvalue weighted by Crippen LogP contribution is -2.62. The van der Waals surface area contributed by atoms with Crippen molar-refractivity contribution in [3.8, 4) is 0 Å². The van der Waals surface area contributed by atoms with Crippen LogP contribution in [0, 0.1) is 6.92 Å². The topological polar surface area (TPSA) is 19.6 Å². The van der Waals surface area contributed by atoms with Crippen molar-refractivity contribution in [3.05, 3.63) is 207 Å². The van der Waals surface area contributed by atoms with E-state index in [1.165, 1.54) is 100 Å². The molecule has 4 heteroatoms. The zero-order valence-electron chi connectivity index (χ0n) is 42.3. The third kappa shape index (κ3) is 5.58. The summed E-state index contributed by atoms with van der Waals surface area (Å²) < 4.78 is 6.91. The van der Waals surface area contributed by atoms with Crippen molar-refractivity contribution in [2.24, 2.45) is 0 Å². The van der Waals surface area contributed by atoms with E-state index < -0.39 is 0 Å². The molecule has 0 unspecified atom stereocenters. The molecule has 340 valence electrons. The standard InChI is InChI=1S/C65H61BN2O/c1-38-32-56-59-57(33-38)68(54-26-19-21-42-41-20-13-18-27-58(41)69-60(42)54)53-31-28-39(61(2,3)4)34-51(53)66(59)52-36-49-50(65(11,12)46-25-17-16-24-45(46)64(49,9)10)37-55(52)67(56)40-29-30-47-48(35-40)63(7,8)44-23-15-14-22-43(44)62(47,5)6/h13-37H,1-12H3. The maximum Gasteiger partial charge on any atom is 0.252 e. The summed E-state index contributed by atoms with van der Waals surface area (Å²) in [4.78, 5) is 5.19. The van der Waals surface area contributed by atoms with Crippen LogP contribution in [0.15, 0.2) is 156 Å². The van der Waals surface area contributed by atoms with E-state index >= 15 is 0 Å². The summed E-state index contributed by atoms with van der Waals surface area (Å²) in [5, 5.41) is 2.27. The Labute approximate surface area is 408 Å². The van der Waals surface area contributed by atoms with E-state index in [0.717, 1.165) is 27.6 Å². The fourth-order valence-electron chi connectivity index (χ4n) is 13.6. The van der Waals surface area contributed by atoms with Gasteiger partial charge in [-0.1, -0.05) is 179 Å². The molecule has 0 saturated heterocycles. The summed E-state index contributed by atoms with van der Waals surface area (Å²) in [5.41, 5.74) is 25.9. The van der Waals surface area contributed by atoms with Crippen molar-refractivity contribution in [3.63, 3.8) is 0 Å². The maximum absolute atomic E-state index is 6.91. The van der Waals surface area contributed by atoms with E-state index in [9.17, 15) is 0 Å². The number of nitrogens with zero attached hydrogens (tertiary/aromatic N) is 2. The van der Waals surface area contributed by atoms with Crippen LogP contribution in [0.3, 0.4) is 0 Å². The van der Waals surface area contributed by atoms with E-state index in [-0.39, 0.29) is 33.8 Å². The minimum absolute atomic E-state index is 0.0356. The first kappa shape index (κ1) is 42.3. The summed E-state index contributed by atoms with van der Waals surface area (Å²) in [6.45, 7) is 28.7. The number of aryl methyl sites for hydroxylation is 1. The molecule has 4 aliphatic rings. The fraction of sp³-hybridized carbons (Fsp3) is 0.262. The largest absolute Gasteiger partial charge is 0.454 e. The predicted octanol–water partition coefficient (Wildman–Crippen LogP) is 15.2. The second-order valence-electron chi connectivity index (χ2n) is 23.9. The average Bonchev–Trinajstić information content (AvgIpc) is 3.71. The Balaban J connectivity index is 1.15. The monoisotopic (exact) mass is 896 g/mol. The first-order chi connectivity index (χ1) is 32.8. The van der Waals surface area contributed by atoms with Gasteiger partial charge in [0, 0.05) is 60.9 Å². The van der Waals surface area contributed by atoms with Crippen LogP contribution < -0.4 is 26.2 Å². The Hall–Kier alpha value is -6.78. The first-order valence-electron chi connectivity index (χ1n) is 25.1. The second kappa shape index (κ2) is 13.7. The van der Waals surface area contributed by atoms with E-state index in [1.54, 1.807) is 0 Å². The van der Waals surface area contributed by atoms with Crippen molar-refractivity contribution < 1.29 is 4.42 Å². The summed E-state index contributed by atoms with van der Waals surface area (Å²) in [6.07, 6.45) is 0. The highest BCUT2D eigenvalue weighted by Gasteiger charge is 2.49. The van der Waals surface area contributed by atoms with Crippen LogP contribution in [0.4, 0.5) is 34.1 Å². The van der Waals surface area contributed by atoms with Crippen molar-refractivity contribution in [2.45, 2.75) is 110 Å². The van der Waals surface area contributed by atoms with Gasteiger partial charge in [-0.25, -0.2) is 0 Å². The molecule has 0 amide bonds. The molecule has 3 nitrogen and oxygen atoms in total. The van der Waals surface area contributed by atoms with E-state index in [2.05, 4.69) is 245 Å². The Morgan fingerprint density at radius 1 is 0.420 bits per heavy atom. The molecule has 8 aromatic carbocycles. The van der Waals surface area contributed by atoms with Crippen LogP contribution in [-0.4, -0.2) is 6.71 Å². The van der Waals surface area contributed by atoms with Gasteiger partial charge in [0.2, 0.25) is 0 Å². The number of para-hydroxylation sites is 2. The summed E-state index contributed by atoms with van der Waals surface area (Å²) >= 11 is 0. The molecular weight excluding hydrogens is 836 g/mol. The zero-order valence-corrected chi connectivity index (χ0v) is 42.3. The lowest BCUT2D eigenvalue weighted by molar-refractivity contribution is 0.520. The molecule has 0 spiro atoms. The van der Waals surface area contributed by atoms with Crippen molar-refractivity contribution in [1.82, 2.24) is 0 Å². The number of hydrogen-bond acceptors (Lipinski definition) is 3. The molecule has 3 heterocycles. The number of benzene rings is 8. The predicted molar refractivity (Wildman–Crippen MR) is 293 cm³/mol. The van der Waals surface area contributed by atoms with Crippen molar-refractivity contribution in [1.29, 1.82) is 0 Å². The van der Waals surface area contributed by atoms with E-state index in [1.807, 2.05) is 0 Å². The van der Waals surface area contributed by atoms with Crippen LogP contribution >= 0.6 is 0 Å². The Bertz CT molecular complexity index is 3700. The van der Waals surface area contributed by atoms with Crippen LogP contribution in [0.2, 0.25) is 0 Å². The van der Waals surface area contributed by atoms with Crippen molar-refractivity contribution in [2.75, 3.05) is 9.80 Å². The van der Waals surface area contributed by atoms with Gasteiger partial charge in [0.15, 0.2) is 5.58 Å². The van der Waals surface area contributed by atoms with Crippen LogP contribution in [0.5, 0.6) is 0 Å². The van der Waals surface area contributed by atoms with Gasteiger partial charge in [-0.05, 0) is 133 Å². The molecule has 2 aliphatic heterocycles. The Morgan fingerprint density at radius 2 is 0.942 bits per heavy atom. The van der Waals surface area contributed by atoms with Crippen molar-refractivity contribution >= 4 is 79.2 Å². The molecule has 69 heavy (non-hydrogen) atoms. The first-order valence-corrected chi connectivity index (χ1v) is 25.1. The summed E-state index contributed by atoms with van der Waals surface area (Å²) in [5.74, 6) is 0. The maximum atomic E-state index is 6.91. The van der Waals surface area contributed by atoms with Crippen LogP contribution in [0.25, 0.3) is 21.9 Å². The summed E-state index contributed by atoms with van der Waals surface area (Å²) in [7, 11) is 0. The van der Waals surface area contributed by atoms with Gasteiger partial charge in [0.25, 0.3) is 6.71 Å². The van der Waals surface area contributed by atoms with Gasteiger partial charge >= 0.3 is 0 Å². The molecule has 2 aliphatic carbocycles. The zero-order chi connectivity index (χ0) is 47.9. The number of furan rings is 1. The Morgan fingerprint density at radius 3 is 1.58 bits per heavy atom. The van der Waals surface area contributed by atoms with Gasteiger partial charge < -0.3 is 14.2 Å². The van der Waals surface area contributed by atoms with Gasteiger partial charge in [0.1, 0.15) is 5.58 Å². The highest BCUT2D eigenvalue weighted by Crippen LogP contribution is 2.55. The summed E-state index contributed by atoms with van der Waals surface area (Å²) in [6, 6.07) is 58.4. The number of rotatable bonds is 2. The molecule has 1 aromatic heterocycles. The fourth-order valence-corrected chi connectivity index (χ4v) is 13.6. The minimum Gasteiger partial charge on any atom is -0.454 e. The molecule has 0 fully saturated rings. The SMILES string of the molecule is Cc1cc2c3c(c1)N(c1cccc4c1oc1ccccc14)c1ccc(C(C)(C)C)cc1B3c1cc3c(cc1N2c1ccc2c(c1)C(C)(C)c1ccccc1C2(C)C)C(C)(C)c1ccccc1C3(C)C. The molecule has 9 aromatic rings. The lowest BCUT2D eigenvalue weighted by Gasteiger charge is -2.48. The molecule has 0 radical (unpaired) electrons. The molecule has 0 atom stereocenters. The van der Waals surface area contributed by atoms with E-state index in [0.29, 0.717) is 0 Å². The van der Waals surface area contributed by atoms with Gasteiger partial charge in [0.05, 0.1) is 5.69 Å². The van der Waals surface area contributed by atoms with Gasteiger partial charge in [-0.3, -0.25) is 0 Å². The third-order valence-corrected chi connectivity index (χ3v) is 17.3. The molecule has 0 bridgehead atoms. The highest BCUT2D eigenvalue weighted by molar-refractivity contribution is 7.00. The van der Waals surface area contributed by atoms with E-state index in [4.69, 9.17) is 4.42 Å². The average molecular weight is 897 g/mol. The van der Waals surface area contributed by atoms with Gasteiger partial charge in [-0.15, -0.1) is 0 Å². The number of hydrogen-bond donors (Lipinski definition) is 0. The van der Waals surface area contributed by atoms with Gasteiger partial charge in [-0.2, -0.15) is 0 Å². The van der Waals surface area contributed by atoms with Crippen LogP contribution in [-0.2, 0) is 27.1 Å². The number of fused-ring (bicyclic) bond motifs is 11. The molecule has 0 saturated carbocycles. The quantitative estimate of drug-likeness (QED) is 0.161. The molecular formula is C65H61BN2O.